The topological polar surface area (TPSA) is 44.8 Å². The van der Waals surface area contributed by atoms with E-state index in [0.717, 1.165) is 32.1 Å². The summed E-state index contributed by atoms with van der Waals surface area (Å²) in [5.41, 5.74) is 1.37. The molecule has 1 unspecified atom stereocenters. The minimum atomic E-state index is -1.92. The first-order valence-corrected chi connectivity index (χ1v) is 19.9. The van der Waals surface area contributed by atoms with Crippen LogP contribution in [0.4, 0.5) is 0 Å². The van der Waals surface area contributed by atoms with E-state index in [1.165, 1.54) is 5.56 Å². The number of rotatable bonds is 10. The summed E-state index contributed by atoms with van der Waals surface area (Å²) in [7, 11) is -3.82. The highest BCUT2D eigenvalue weighted by Crippen LogP contribution is 2.48. The molecule has 0 bridgehead atoms. The summed E-state index contributed by atoms with van der Waals surface area (Å²) >= 11 is 0. The molecule has 1 saturated carbocycles. The Balaban J connectivity index is 1.76. The van der Waals surface area contributed by atoms with Crippen LogP contribution in [0.1, 0.15) is 79.2 Å². The summed E-state index contributed by atoms with van der Waals surface area (Å²) < 4.78 is 19.8. The van der Waals surface area contributed by atoms with Crippen LogP contribution in [0.2, 0.25) is 36.3 Å². The standard InChI is InChI=1S/C30H52O4Si2/c1-29(2,3)35(7,8)33-23(17-16-22-14-12-11-13-15-22)18-19-24-25-20-28(31)32-26(25)21-27(24)34-36(9,10)30(4,5)6/h11-15,23-27H,16-21H2,1-10H3/t23?,24-,25-,26+,27-/m1/s1. The molecule has 204 valence electrons. The van der Waals surface area contributed by atoms with Gasteiger partial charge in [-0.05, 0) is 73.4 Å². The lowest BCUT2D eigenvalue weighted by Gasteiger charge is -2.41. The molecule has 1 aromatic rings. The number of ether oxygens (including phenoxy) is 1. The molecule has 36 heavy (non-hydrogen) atoms. The number of benzene rings is 1. The highest BCUT2D eigenvalue weighted by atomic mass is 28.4. The van der Waals surface area contributed by atoms with Crippen LogP contribution in [-0.4, -0.2) is 40.9 Å². The van der Waals surface area contributed by atoms with Crippen molar-refractivity contribution in [2.45, 2.75) is 135 Å². The minimum Gasteiger partial charge on any atom is -0.462 e. The largest absolute Gasteiger partial charge is 0.462 e. The fourth-order valence-corrected chi connectivity index (χ4v) is 8.06. The molecule has 2 aliphatic rings. The molecule has 4 nitrogen and oxygen atoms in total. The molecule has 5 atom stereocenters. The molecule has 0 aromatic heterocycles. The van der Waals surface area contributed by atoms with Crippen LogP contribution in [0.25, 0.3) is 0 Å². The number of esters is 1. The van der Waals surface area contributed by atoms with E-state index in [0.29, 0.717) is 12.3 Å². The zero-order chi connectivity index (χ0) is 26.9. The first-order chi connectivity index (χ1) is 16.5. The van der Waals surface area contributed by atoms with Gasteiger partial charge in [0, 0.05) is 18.4 Å². The molecule has 0 radical (unpaired) electrons. The lowest BCUT2D eigenvalue weighted by Crippen LogP contribution is -2.46. The van der Waals surface area contributed by atoms with E-state index in [9.17, 15) is 4.79 Å². The molecule has 0 amide bonds. The smallest absolute Gasteiger partial charge is 0.306 e. The van der Waals surface area contributed by atoms with Crippen molar-refractivity contribution in [1.29, 1.82) is 0 Å². The predicted octanol–water partition coefficient (Wildman–Crippen LogP) is 8.13. The van der Waals surface area contributed by atoms with Crippen LogP contribution < -0.4 is 0 Å². The van der Waals surface area contributed by atoms with Crippen LogP contribution in [0, 0.1) is 11.8 Å². The summed E-state index contributed by atoms with van der Waals surface area (Å²) in [6.45, 7) is 23.3. The normalized spacial score (nSPS) is 26.1. The summed E-state index contributed by atoms with van der Waals surface area (Å²) in [6, 6.07) is 10.8. The summed E-state index contributed by atoms with van der Waals surface area (Å²) in [6.07, 6.45) is 5.93. The minimum absolute atomic E-state index is 0.0288. The average Bonchev–Trinajstić information content (AvgIpc) is 3.24. The highest BCUT2D eigenvalue weighted by Gasteiger charge is 2.53. The van der Waals surface area contributed by atoms with E-state index in [1.54, 1.807) is 0 Å². The number of aryl methyl sites for hydroxylation is 1. The molecule has 1 aliphatic carbocycles. The van der Waals surface area contributed by atoms with Gasteiger partial charge in [-0.25, -0.2) is 0 Å². The quantitative estimate of drug-likeness (QED) is 0.225. The highest BCUT2D eigenvalue weighted by molar-refractivity contribution is 6.74. The average molecular weight is 533 g/mol. The molecule has 2 fully saturated rings. The second-order valence-corrected chi connectivity index (χ2v) is 23.8. The van der Waals surface area contributed by atoms with Crippen LogP contribution in [0.5, 0.6) is 0 Å². The zero-order valence-electron chi connectivity index (χ0n) is 24.6. The van der Waals surface area contributed by atoms with Crippen molar-refractivity contribution in [3.05, 3.63) is 35.9 Å². The second kappa shape index (κ2) is 11.0. The van der Waals surface area contributed by atoms with Gasteiger partial charge in [-0.1, -0.05) is 71.9 Å². The Morgan fingerprint density at radius 3 is 2.14 bits per heavy atom. The Hall–Kier alpha value is -0.956. The molecule has 0 N–H and O–H groups in total. The fraction of sp³-hybridized carbons (Fsp3) is 0.767. The van der Waals surface area contributed by atoms with Crippen molar-refractivity contribution in [3.63, 3.8) is 0 Å². The van der Waals surface area contributed by atoms with E-state index >= 15 is 0 Å². The summed E-state index contributed by atoms with van der Waals surface area (Å²) in [5.74, 6) is 0.617. The first kappa shape index (κ1) is 29.6. The molecule has 3 rings (SSSR count). The van der Waals surface area contributed by atoms with Crippen LogP contribution >= 0.6 is 0 Å². The van der Waals surface area contributed by atoms with Gasteiger partial charge in [-0.2, -0.15) is 0 Å². The lowest BCUT2D eigenvalue weighted by atomic mass is 9.87. The molecular weight excluding hydrogens is 480 g/mol. The number of fused-ring (bicyclic) bond motifs is 1. The van der Waals surface area contributed by atoms with Gasteiger partial charge >= 0.3 is 5.97 Å². The molecule has 1 aromatic carbocycles. The fourth-order valence-electron chi connectivity index (χ4n) is 5.25. The van der Waals surface area contributed by atoms with Crippen molar-refractivity contribution < 1.29 is 18.4 Å². The molecule has 1 aliphatic heterocycles. The van der Waals surface area contributed by atoms with Crippen LogP contribution in [-0.2, 0) is 24.8 Å². The third-order valence-electron chi connectivity index (χ3n) is 9.59. The molecule has 1 heterocycles. The van der Waals surface area contributed by atoms with Crippen molar-refractivity contribution in [2.24, 2.45) is 11.8 Å². The van der Waals surface area contributed by atoms with Gasteiger partial charge in [0.2, 0.25) is 0 Å². The van der Waals surface area contributed by atoms with Crippen molar-refractivity contribution in [2.75, 3.05) is 0 Å². The molecule has 0 spiro atoms. The SMILES string of the molecule is CC(C)(C)[Si](C)(C)OC(CCc1ccccc1)CC[C@@H]1[C@H]2CC(=O)O[C@H]2C[C@H]1O[Si](C)(C)C(C)(C)C. The van der Waals surface area contributed by atoms with Crippen molar-refractivity contribution >= 4 is 22.6 Å². The predicted molar refractivity (Wildman–Crippen MR) is 154 cm³/mol. The van der Waals surface area contributed by atoms with E-state index < -0.39 is 16.6 Å². The number of hydrogen-bond donors (Lipinski definition) is 0. The maximum absolute atomic E-state index is 12.2. The van der Waals surface area contributed by atoms with Gasteiger partial charge in [0.1, 0.15) is 6.10 Å². The van der Waals surface area contributed by atoms with E-state index in [-0.39, 0.29) is 40.3 Å². The van der Waals surface area contributed by atoms with E-state index in [2.05, 4.69) is 98.1 Å². The van der Waals surface area contributed by atoms with Gasteiger partial charge < -0.3 is 13.6 Å². The Morgan fingerprint density at radius 1 is 0.944 bits per heavy atom. The Kier molecular flexibility index (Phi) is 9.07. The van der Waals surface area contributed by atoms with Crippen molar-refractivity contribution in [1.82, 2.24) is 0 Å². The second-order valence-electron chi connectivity index (χ2n) is 14.3. The van der Waals surface area contributed by atoms with E-state index in [4.69, 9.17) is 13.6 Å². The molecule has 1 saturated heterocycles. The molecule has 6 heteroatoms. The summed E-state index contributed by atoms with van der Waals surface area (Å²) in [5, 5.41) is 0.339. The number of hydrogen-bond acceptors (Lipinski definition) is 4. The Bertz CT molecular complexity index is 869. The Morgan fingerprint density at radius 2 is 1.56 bits per heavy atom. The lowest BCUT2D eigenvalue weighted by molar-refractivity contribution is -0.141. The zero-order valence-corrected chi connectivity index (χ0v) is 26.6. The third-order valence-corrected chi connectivity index (χ3v) is 18.6. The van der Waals surface area contributed by atoms with Crippen LogP contribution in [0.15, 0.2) is 30.3 Å². The van der Waals surface area contributed by atoms with Gasteiger partial charge in [-0.3, -0.25) is 4.79 Å². The third kappa shape index (κ3) is 7.12. The van der Waals surface area contributed by atoms with Crippen LogP contribution in [0.3, 0.4) is 0 Å². The van der Waals surface area contributed by atoms with Gasteiger partial charge in [0.05, 0.1) is 12.5 Å². The molecular formula is C30H52O4Si2. The van der Waals surface area contributed by atoms with Gasteiger partial charge in [0.25, 0.3) is 0 Å². The number of carbonyl (C=O) groups is 1. The van der Waals surface area contributed by atoms with Gasteiger partial charge in [0.15, 0.2) is 16.6 Å². The van der Waals surface area contributed by atoms with Crippen molar-refractivity contribution in [3.8, 4) is 0 Å². The monoisotopic (exact) mass is 532 g/mol. The Labute approximate surface area is 223 Å². The maximum Gasteiger partial charge on any atom is 0.306 e. The summed E-state index contributed by atoms with van der Waals surface area (Å²) in [4.78, 5) is 12.2. The van der Waals surface area contributed by atoms with Gasteiger partial charge in [-0.15, -0.1) is 0 Å². The van der Waals surface area contributed by atoms with E-state index in [1.807, 2.05) is 0 Å². The maximum atomic E-state index is 12.2. The first-order valence-electron chi connectivity index (χ1n) is 14.1. The number of carbonyl (C=O) groups excluding carboxylic acids is 1.